The van der Waals surface area contributed by atoms with E-state index < -0.39 is 0 Å². The number of piperazine rings is 1. The van der Waals surface area contributed by atoms with E-state index in [0.717, 1.165) is 24.8 Å². The van der Waals surface area contributed by atoms with Gasteiger partial charge in [-0.2, -0.15) is 0 Å². The maximum Gasteiger partial charge on any atom is 0.291 e. The second-order valence-corrected chi connectivity index (χ2v) is 7.90. The highest BCUT2D eigenvalue weighted by atomic mass is 16.3. The quantitative estimate of drug-likeness (QED) is 0.801. The first-order valence-electron chi connectivity index (χ1n) is 10.1. The molecule has 4 rings (SSSR count). The maximum absolute atomic E-state index is 13.4. The first kappa shape index (κ1) is 18.7. The third-order valence-electron chi connectivity index (χ3n) is 6.35. The van der Waals surface area contributed by atoms with Crippen molar-refractivity contribution in [3.63, 3.8) is 0 Å². The molecule has 2 atom stereocenters. The number of aryl methyl sites for hydroxylation is 2. The summed E-state index contributed by atoms with van der Waals surface area (Å²) in [6, 6.07) is 5.92. The molecule has 2 amide bonds. The summed E-state index contributed by atoms with van der Waals surface area (Å²) in [6.07, 6.45) is 5.67. The van der Waals surface area contributed by atoms with Gasteiger partial charge in [0.1, 0.15) is 0 Å². The predicted molar refractivity (Wildman–Crippen MR) is 105 cm³/mol. The van der Waals surface area contributed by atoms with E-state index in [9.17, 15) is 9.59 Å². The lowest BCUT2D eigenvalue weighted by atomic mass is 9.87. The minimum Gasteiger partial charge on any atom is -0.438 e. The van der Waals surface area contributed by atoms with Crippen LogP contribution < -0.4 is 0 Å². The van der Waals surface area contributed by atoms with Gasteiger partial charge in [0, 0.05) is 30.7 Å². The average Bonchev–Trinajstić information content (AvgIpc) is 3.14. The molecule has 1 fully saturated rings. The lowest BCUT2D eigenvalue weighted by molar-refractivity contribution is 0.0223. The van der Waals surface area contributed by atoms with Gasteiger partial charge in [0.05, 0.1) is 5.69 Å². The molecule has 2 aliphatic rings. The van der Waals surface area contributed by atoms with Gasteiger partial charge in [-0.3, -0.25) is 9.59 Å². The van der Waals surface area contributed by atoms with Crippen molar-refractivity contribution in [2.45, 2.75) is 58.5 Å². The van der Waals surface area contributed by atoms with E-state index in [1.54, 1.807) is 11.8 Å². The van der Waals surface area contributed by atoms with Crippen LogP contribution in [0.15, 0.2) is 29.0 Å². The average molecular weight is 381 g/mol. The van der Waals surface area contributed by atoms with Crippen molar-refractivity contribution in [1.29, 1.82) is 0 Å². The molecule has 28 heavy (non-hydrogen) atoms. The normalized spacial score (nSPS) is 22.1. The Bertz CT molecular complexity index is 904. The van der Waals surface area contributed by atoms with Crippen molar-refractivity contribution < 1.29 is 14.0 Å². The fourth-order valence-electron chi connectivity index (χ4n) is 4.49. The second kappa shape index (κ2) is 7.41. The van der Waals surface area contributed by atoms with E-state index >= 15 is 0 Å². The highest BCUT2D eigenvalue weighted by Crippen LogP contribution is 2.28. The number of benzene rings is 1. The molecule has 1 aromatic carbocycles. The number of nitrogens with zero attached hydrogens (tertiary/aromatic N) is 3. The lowest BCUT2D eigenvalue weighted by Crippen LogP contribution is -2.60. The van der Waals surface area contributed by atoms with Gasteiger partial charge in [-0.1, -0.05) is 12.1 Å². The van der Waals surface area contributed by atoms with E-state index in [1.807, 2.05) is 30.9 Å². The van der Waals surface area contributed by atoms with Crippen LogP contribution in [-0.2, 0) is 12.8 Å². The van der Waals surface area contributed by atoms with E-state index in [2.05, 4.69) is 11.1 Å². The molecule has 0 unspecified atom stereocenters. The standard InChI is InChI=1S/C22H27N3O3/c1-14-20(28-13-23-14)22(27)25-12-11-24(15(2)16(25)3)21(26)19-10-6-8-17-7-4-5-9-18(17)19/h6,8,10,13,15-16H,4-5,7,9,11-12H2,1-3H3/t15-,16+/m0/s1. The minimum atomic E-state index is -0.154. The third kappa shape index (κ3) is 3.11. The molecular weight excluding hydrogens is 354 g/mol. The zero-order valence-corrected chi connectivity index (χ0v) is 16.8. The lowest BCUT2D eigenvalue weighted by Gasteiger charge is -2.45. The Labute approximate surface area is 165 Å². The van der Waals surface area contributed by atoms with Gasteiger partial charge in [0.15, 0.2) is 6.39 Å². The molecule has 1 aromatic heterocycles. The van der Waals surface area contributed by atoms with Crippen molar-refractivity contribution in [3.8, 4) is 0 Å². The highest BCUT2D eigenvalue weighted by Gasteiger charge is 2.38. The van der Waals surface area contributed by atoms with Crippen LogP contribution in [0.25, 0.3) is 0 Å². The number of carbonyl (C=O) groups is 2. The molecular formula is C22H27N3O3. The first-order chi connectivity index (χ1) is 13.5. The Hall–Kier alpha value is -2.63. The van der Waals surface area contributed by atoms with Crippen molar-refractivity contribution in [2.24, 2.45) is 0 Å². The molecule has 6 heteroatoms. The zero-order valence-electron chi connectivity index (χ0n) is 16.8. The minimum absolute atomic E-state index is 0.0760. The number of amides is 2. The number of aromatic nitrogens is 1. The Morgan fingerprint density at radius 3 is 2.39 bits per heavy atom. The van der Waals surface area contributed by atoms with Gasteiger partial charge in [-0.05, 0) is 63.6 Å². The van der Waals surface area contributed by atoms with Crippen LogP contribution >= 0.6 is 0 Å². The van der Waals surface area contributed by atoms with Crippen LogP contribution in [0.4, 0.5) is 0 Å². The summed E-state index contributed by atoms with van der Waals surface area (Å²) >= 11 is 0. The number of oxazole rings is 1. The fourth-order valence-corrected chi connectivity index (χ4v) is 4.49. The van der Waals surface area contributed by atoms with Crippen LogP contribution in [0, 0.1) is 6.92 Å². The molecule has 1 aliphatic heterocycles. The molecule has 2 aromatic rings. The third-order valence-corrected chi connectivity index (χ3v) is 6.35. The van der Waals surface area contributed by atoms with Gasteiger partial charge in [0.25, 0.3) is 11.8 Å². The molecule has 0 radical (unpaired) electrons. The van der Waals surface area contributed by atoms with Crippen molar-refractivity contribution in [3.05, 3.63) is 52.7 Å². The van der Waals surface area contributed by atoms with E-state index in [1.165, 1.54) is 23.9 Å². The summed E-state index contributed by atoms with van der Waals surface area (Å²) in [7, 11) is 0. The first-order valence-corrected chi connectivity index (χ1v) is 10.1. The number of fused-ring (bicyclic) bond motifs is 1. The topological polar surface area (TPSA) is 66.7 Å². The summed E-state index contributed by atoms with van der Waals surface area (Å²) in [5, 5.41) is 0. The van der Waals surface area contributed by atoms with Crippen molar-refractivity contribution in [1.82, 2.24) is 14.8 Å². The second-order valence-electron chi connectivity index (χ2n) is 7.90. The monoisotopic (exact) mass is 381 g/mol. The SMILES string of the molecule is Cc1ncoc1C(=O)N1CCN(C(=O)c2cccc3c2CCCC3)[C@@H](C)[C@H]1C. The van der Waals surface area contributed by atoms with Gasteiger partial charge in [0.2, 0.25) is 5.76 Å². The smallest absolute Gasteiger partial charge is 0.291 e. The number of hydrogen-bond acceptors (Lipinski definition) is 4. The summed E-state index contributed by atoms with van der Waals surface area (Å²) in [5.74, 6) is 0.218. The number of hydrogen-bond donors (Lipinski definition) is 0. The predicted octanol–water partition coefficient (Wildman–Crippen LogP) is 3.24. The Morgan fingerprint density at radius 1 is 1.04 bits per heavy atom. The van der Waals surface area contributed by atoms with Gasteiger partial charge in [-0.25, -0.2) is 4.98 Å². The Kier molecular flexibility index (Phi) is 4.96. The molecule has 0 N–H and O–H groups in total. The van der Waals surface area contributed by atoms with Gasteiger partial charge in [-0.15, -0.1) is 0 Å². The van der Waals surface area contributed by atoms with Crippen LogP contribution in [0.3, 0.4) is 0 Å². The summed E-state index contributed by atoms with van der Waals surface area (Å²) in [5.41, 5.74) is 3.96. The molecule has 0 spiro atoms. The molecule has 6 nitrogen and oxygen atoms in total. The van der Waals surface area contributed by atoms with Gasteiger partial charge >= 0.3 is 0 Å². The molecule has 0 saturated carbocycles. The van der Waals surface area contributed by atoms with Crippen LogP contribution in [0.5, 0.6) is 0 Å². The Morgan fingerprint density at radius 2 is 1.71 bits per heavy atom. The summed E-state index contributed by atoms with van der Waals surface area (Å²) in [4.78, 5) is 34.0. The molecule has 148 valence electrons. The largest absolute Gasteiger partial charge is 0.438 e. The van der Waals surface area contributed by atoms with Crippen molar-refractivity contribution in [2.75, 3.05) is 13.1 Å². The van der Waals surface area contributed by atoms with Gasteiger partial charge < -0.3 is 14.2 Å². The van der Waals surface area contributed by atoms with Crippen LogP contribution in [0.1, 0.15) is 64.4 Å². The Balaban J connectivity index is 1.55. The van der Waals surface area contributed by atoms with E-state index in [4.69, 9.17) is 4.42 Å². The maximum atomic E-state index is 13.4. The fraction of sp³-hybridized carbons (Fsp3) is 0.500. The van der Waals surface area contributed by atoms with Crippen LogP contribution in [-0.4, -0.2) is 51.8 Å². The zero-order chi connectivity index (χ0) is 19.8. The van der Waals surface area contributed by atoms with Crippen LogP contribution in [0.2, 0.25) is 0 Å². The number of rotatable bonds is 2. The molecule has 1 aliphatic carbocycles. The highest BCUT2D eigenvalue weighted by molar-refractivity contribution is 5.97. The van der Waals surface area contributed by atoms with E-state index in [-0.39, 0.29) is 29.7 Å². The number of carbonyl (C=O) groups excluding carboxylic acids is 2. The summed E-state index contributed by atoms with van der Waals surface area (Å²) in [6.45, 7) is 6.79. The molecule has 1 saturated heterocycles. The summed E-state index contributed by atoms with van der Waals surface area (Å²) < 4.78 is 5.29. The van der Waals surface area contributed by atoms with Crippen molar-refractivity contribution >= 4 is 11.8 Å². The van der Waals surface area contributed by atoms with E-state index in [0.29, 0.717) is 18.8 Å². The molecule has 0 bridgehead atoms. The molecule has 2 heterocycles.